The molecule has 20 heteroatoms. The van der Waals surface area contributed by atoms with E-state index in [4.69, 9.17) is 15.2 Å². The highest BCUT2D eigenvalue weighted by molar-refractivity contribution is 5.99. The number of aryl methyl sites for hydroxylation is 2. The SMILES string of the molecule is NCCNC(=O)O[C@@H]1C[C@H]2C(=O)N[C@H](CCc3ccccc3)C(=O)N[C@H](Cc3c[nH]c4ccccc34)C(=O)N[C@@H](CC3CCNCC3)C(=O)N[C@@H](Cc3ccc(OCc4ccccc4)cc3)C(=O)N[C@@H](CCc3cccnc3)C(=O)N2C1. The molecule has 3 fully saturated rings. The van der Waals surface area contributed by atoms with Crippen molar-refractivity contribution in [1.82, 2.24) is 52.1 Å². The minimum absolute atomic E-state index is 0.00467. The van der Waals surface area contributed by atoms with E-state index in [2.05, 4.69) is 47.2 Å². The van der Waals surface area contributed by atoms with Crippen molar-refractivity contribution >= 4 is 52.4 Å². The van der Waals surface area contributed by atoms with E-state index in [-0.39, 0.29) is 70.5 Å². The van der Waals surface area contributed by atoms with Gasteiger partial charge in [-0.05, 0) is 116 Å². The molecule has 0 saturated carbocycles. The van der Waals surface area contributed by atoms with Crippen LogP contribution in [0.1, 0.15) is 66.3 Å². The fraction of sp³-hybridized carbons (Fsp3) is 0.387. The Bertz CT molecular complexity index is 3110. The third kappa shape index (κ3) is 16.1. The number of nitrogens with zero attached hydrogens (tertiary/aromatic N) is 2. The maximum atomic E-state index is 15.4. The largest absolute Gasteiger partial charge is 0.489 e. The quantitative estimate of drug-likeness (QED) is 0.0597. The van der Waals surface area contributed by atoms with E-state index >= 15 is 28.8 Å². The van der Waals surface area contributed by atoms with E-state index in [1.165, 1.54) is 4.90 Å². The molecule has 2 aromatic heterocycles. The van der Waals surface area contributed by atoms with Gasteiger partial charge in [0.05, 0.1) is 6.54 Å². The number of H-pyrrole nitrogens is 1. The molecule has 3 saturated heterocycles. The zero-order valence-corrected chi connectivity index (χ0v) is 45.9. The molecule has 9 rings (SSSR count). The van der Waals surface area contributed by atoms with Crippen LogP contribution in [0.5, 0.6) is 5.75 Å². The third-order valence-electron chi connectivity index (χ3n) is 15.4. The summed E-state index contributed by atoms with van der Waals surface area (Å²) in [5.74, 6) is -3.43. The zero-order chi connectivity index (χ0) is 57.2. The summed E-state index contributed by atoms with van der Waals surface area (Å²) in [5, 5.41) is 21.7. The average molecular weight is 1120 g/mol. The van der Waals surface area contributed by atoms with Gasteiger partial charge in [0.1, 0.15) is 54.7 Å². The normalized spacial score (nSPS) is 22.4. The number of benzene rings is 4. The van der Waals surface area contributed by atoms with Gasteiger partial charge in [0.15, 0.2) is 0 Å². The molecule has 6 aromatic rings. The molecule has 3 aliphatic heterocycles. The number of hydrogen-bond acceptors (Lipinski definition) is 12. The first-order chi connectivity index (χ1) is 40.0. The van der Waals surface area contributed by atoms with Crippen LogP contribution in [0.15, 0.2) is 140 Å². The number of aromatic amines is 1. The summed E-state index contributed by atoms with van der Waals surface area (Å²) in [4.78, 5) is 113. The number of aromatic nitrogens is 2. The van der Waals surface area contributed by atoms with E-state index < -0.39 is 83.9 Å². The molecule has 5 heterocycles. The Morgan fingerprint density at radius 1 is 0.634 bits per heavy atom. The highest BCUT2D eigenvalue weighted by atomic mass is 16.6. The summed E-state index contributed by atoms with van der Waals surface area (Å²) in [6, 6.07) is 29.8. The van der Waals surface area contributed by atoms with Crippen molar-refractivity contribution in [3.8, 4) is 5.75 Å². The van der Waals surface area contributed by atoms with Gasteiger partial charge in [0, 0.05) is 61.8 Å². The van der Waals surface area contributed by atoms with Crippen molar-refractivity contribution in [3.63, 3.8) is 0 Å². The van der Waals surface area contributed by atoms with Crippen LogP contribution in [0, 0.1) is 5.92 Å². The highest BCUT2D eigenvalue weighted by Crippen LogP contribution is 2.26. The molecule has 7 amide bonds. The molecule has 0 bridgehead atoms. The van der Waals surface area contributed by atoms with Crippen molar-refractivity contribution in [2.24, 2.45) is 11.7 Å². The van der Waals surface area contributed by atoms with Crippen LogP contribution in [0.3, 0.4) is 0 Å². The fourth-order valence-corrected chi connectivity index (χ4v) is 11.0. The summed E-state index contributed by atoms with van der Waals surface area (Å²) in [6.45, 7) is 1.75. The van der Waals surface area contributed by atoms with Gasteiger partial charge in [-0.1, -0.05) is 97.1 Å². The molecule has 82 heavy (non-hydrogen) atoms. The Labute approximate surface area is 476 Å². The predicted molar refractivity (Wildman–Crippen MR) is 308 cm³/mol. The summed E-state index contributed by atoms with van der Waals surface area (Å²) < 4.78 is 11.9. The third-order valence-corrected chi connectivity index (χ3v) is 15.4. The van der Waals surface area contributed by atoms with Gasteiger partial charge in [0.25, 0.3) is 0 Å². The molecule has 20 nitrogen and oxygen atoms in total. The molecular weight excluding hydrogens is 1040 g/mol. The monoisotopic (exact) mass is 1120 g/mol. The van der Waals surface area contributed by atoms with Gasteiger partial charge in [-0.25, -0.2) is 4.79 Å². The summed E-state index contributed by atoms with van der Waals surface area (Å²) in [5.41, 5.74) is 10.5. The maximum absolute atomic E-state index is 15.4. The van der Waals surface area contributed by atoms with Crippen molar-refractivity contribution < 1.29 is 43.0 Å². The Kier molecular flexibility index (Phi) is 20.3. The minimum atomic E-state index is -1.31. The Balaban J connectivity index is 1.10. The second kappa shape index (κ2) is 28.7. The smallest absolute Gasteiger partial charge is 0.407 e. The lowest BCUT2D eigenvalue weighted by molar-refractivity contribution is -0.143. The lowest BCUT2D eigenvalue weighted by Crippen LogP contribution is -2.62. The topological polar surface area (TPSA) is 280 Å². The molecule has 0 radical (unpaired) electrons. The molecule has 4 aromatic carbocycles. The van der Waals surface area contributed by atoms with Crippen molar-refractivity contribution in [1.29, 1.82) is 0 Å². The van der Waals surface area contributed by atoms with E-state index in [0.717, 1.165) is 46.0 Å². The molecule has 10 N–H and O–H groups in total. The second-order valence-electron chi connectivity index (χ2n) is 21.3. The van der Waals surface area contributed by atoms with E-state index in [9.17, 15) is 4.79 Å². The van der Waals surface area contributed by atoms with Crippen molar-refractivity contribution in [3.05, 3.63) is 168 Å². The lowest BCUT2D eigenvalue weighted by atomic mass is 9.90. The molecular formula is C62H73N11O9. The first kappa shape index (κ1) is 58.0. The molecule has 0 spiro atoms. The molecule has 7 atom stereocenters. The van der Waals surface area contributed by atoms with Gasteiger partial charge in [-0.3, -0.25) is 33.8 Å². The summed E-state index contributed by atoms with van der Waals surface area (Å²) in [6.07, 6.45) is 5.46. The van der Waals surface area contributed by atoms with Crippen LogP contribution in [0.4, 0.5) is 4.79 Å². The number of pyridine rings is 1. The number of hydrogen-bond donors (Lipinski definition) is 9. The van der Waals surface area contributed by atoms with E-state index in [1.807, 2.05) is 91.0 Å². The Morgan fingerprint density at radius 2 is 1.24 bits per heavy atom. The van der Waals surface area contributed by atoms with E-state index in [0.29, 0.717) is 37.4 Å². The molecule has 0 unspecified atom stereocenters. The number of carbonyl (C=O) groups is 7. The van der Waals surface area contributed by atoms with E-state index in [1.54, 1.807) is 48.9 Å². The van der Waals surface area contributed by atoms with Gasteiger partial charge in [-0.15, -0.1) is 0 Å². The molecule has 0 aliphatic carbocycles. The second-order valence-corrected chi connectivity index (χ2v) is 21.3. The standard InChI is InChI=1S/C62H73N11O9/c63-27-31-66-62(80)82-47-35-55-60(78)68-50(23-19-40-10-3-1-4-11-40)56(74)72-54(34-45-37-67-49-16-8-7-15-48(45)49)59(77)71-53(33-42-25-29-64-30-26-42)58(76)70-52(32-41-17-21-46(22-18-41)81-39-44-12-5-2-6-13-44)57(75)69-51(61(79)73(55)38-47)24-20-43-14-9-28-65-36-43/h1-18,21-22,28,36-37,42,47,50-55,64,67H,19-20,23-27,29-35,38-39,63H2,(H,66,80)(H,68,78)(H,69,75)(H,70,76)(H,71,77)(H,72,74)/t47-,50-,51+,52+,53+,54-,55+/m1/s1. The number of nitrogens with two attached hydrogens (primary N) is 1. The van der Waals surface area contributed by atoms with Crippen LogP contribution in [0.25, 0.3) is 10.9 Å². The first-order valence-corrected chi connectivity index (χ1v) is 28.4. The zero-order valence-electron chi connectivity index (χ0n) is 45.9. The van der Waals surface area contributed by atoms with Gasteiger partial charge < -0.3 is 62.3 Å². The number of nitrogens with one attached hydrogen (secondary N) is 8. The van der Waals surface area contributed by atoms with Crippen LogP contribution in [-0.2, 0) is 65.8 Å². The number of piperidine rings is 1. The number of alkyl carbamates (subject to hydrolysis) is 1. The summed E-state index contributed by atoms with van der Waals surface area (Å²) in [7, 11) is 0. The fourth-order valence-electron chi connectivity index (χ4n) is 11.0. The number of carbonyl (C=O) groups excluding carboxylic acids is 7. The van der Waals surface area contributed by atoms with Crippen LogP contribution in [-0.4, -0.2) is 131 Å². The number of ether oxygens (including phenoxy) is 2. The van der Waals surface area contributed by atoms with Gasteiger partial charge in [0.2, 0.25) is 35.4 Å². The maximum Gasteiger partial charge on any atom is 0.407 e. The minimum Gasteiger partial charge on any atom is -0.489 e. The van der Waals surface area contributed by atoms with Crippen LogP contribution >= 0.6 is 0 Å². The summed E-state index contributed by atoms with van der Waals surface area (Å²) >= 11 is 0. The van der Waals surface area contributed by atoms with Crippen molar-refractivity contribution in [2.45, 2.75) is 113 Å². The number of rotatable bonds is 18. The Hall–Kier alpha value is -8.62. The molecule has 3 aliphatic rings. The number of para-hydroxylation sites is 1. The van der Waals surface area contributed by atoms with Crippen LogP contribution < -0.4 is 47.7 Å². The van der Waals surface area contributed by atoms with Crippen LogP contribution in [0.2, 0.25) is 0 Å². The first-order valence-electron chi connectivity index (χ1n) is 28.4. The van der Waals surface area contributed by atoms with Gasteiger partial charge in [-0.2, -0.15) is 0 Å². The molecule has 430 valence electrons. The average Bonchev–Trinajstić information content (AvgIpc) is 4.30. The van der Waals surface area contributed by atoms with Gasteiger partial charge >= 0.3 is 6.09 Å². The number of amides is 7. The highest BCUT2D eigenvalue weighted by Gasteiger charge is 2.45. The Morgan fingerprint density at radius 3 is 1.96 bits per heavy atom. The number of fused-ring (bicyclic) bond motifs is 2. The predicted octanol–water partition coefficient (Wildman–Crippen LogP) is 3.67. The lowest BCUT2D eigenvalue weighted by Gasteiger charge is -2.32. The van der Waals surface area contributed by atoms with Crippen molar-refractivity contribution in [2.75, 3.05) is 32.7 Å².